The molecule has 1 amide bonds. The Kier molecular flexibility index (Phi) is 6.16. The maximum Gasteiger partial charge on any atom is 0.264 e. The number of hydrogen-bond acceptors (Lipinski definition) is 3. The zero-order valence-corrected chi connectivity index (χ0v) is 14.6. The maximum atomic E-state index is 13.5. The number of rotatable bonds is 3. The summed E-state index contributed by atoms with van der Waals surface area (Å²) < 4.78 is 13.5. The van der Waals surface area contributed by atoms with E-state index in [0.717, 1.165) is 29.0 Å². The Bertz CT molecular complexity index is 676. The van der Waals surface area contributed by atoms with Crippen molar-refractivity contribution < 1.29 is 9.18 Å². The largest absolute Gasteiger partial charge is 0.328 e. The van der Waals surface area contributed by atoms with Gasteiger partial charge in [-0.25, -0.2) is 4.39 Å². The molecule has 1 aliphatic heterocycles. The van der Waals surface area contributed by atoms with Crippen LogP contribution in [-0.4, -0.2) is 30.4 Å². The van der Waals surface area contributed by atoms with Gasteiger partial charge in [0.1, 0.15) is 5.82 Å². The highest BCUT2D eigenvalue weighted by molar-refractivity contribution is 7.12. The number of hydrogen-bond donors (Lipinski definition) is 1. The fraction of sp³-hybridized carbons (Fsp3) is 0.353. The van der Waals surface area contributed by atoms with E-state index in [1.165, 1.54) is 23.5 Å². The molecular weight excluding hydrogens is 335 g/mol. The van der Waals surface area contributed by atoms with Crippen LogP contribution in [0.15, 0.2) is 35.7 Å². The Morgan fingerprint density at radius 3 is 3.00 bits per heavy atom. The minimum absolute atomic E-state index is 0. The molecule has 6 heteroatoms. The molecule has 0 bridgehead atoms. The summed E-state index contributed by atoms with van der Waals surface area (Å²) in [6, 6.07) is 8.43. The van der Waals surface area contributed by atoms with E-state index in [1.54, 1.807) is 6.07 Å². The van der Waals surface area contributed by atoms with Crippen LogP contribution < -0.4 is 5.32 Å². The molecule has 1 aromatic carbocycles. The molecular formula is C17H20ClFN2OS. The first-order chi connectivity index (χ1) is 10.7. The Labute approximate surface area is 145 Å². The third-order valence-electron chi connectivity index (χ3n) is 4.06. The van der Waals surface area contributed by atoms with Crippen LogP contribution in [0.1, 0.15) is 33.8 Å². The Hall–Kier alpha value is -1.43. The van der Waals surface area contributed by atoms with Crippen LogP contribution in [0.5, 0.6) is 0 Å². The van der Waals surface area contributed by atoms with Gasteiger partial charge in [0.05, 0.1) is 10.9 Å². The first-order valence-electron chi connectivity index (χ1n) is 7.54. The van der Waals surface area contributed by atoms with Crippen molar-refractivity contribution in [3.8, 4) is 0 Å². The van der Waals surface area contributed by atoms with Crippen LogP contribution in [0.2, 0.25) is 0 Å². The average molecular weight is 355 g/mol. The quantitative estimate of drug-likeness (QED) is 0.912. The number of thiophene rings is 1. The fourth-order valence-corrected chi connectivity index (χ4v) is 3.84. The van der Waals surface area contributed by atoms with Gasteiger partial charge in [-0.05, 0) is 41.1 Å². The number of halogens is 2. The molecule has 0 spiro atoms. The Morgan fingerprint density at radius 2 is 2.26 bits per heavy atom. The number of carbonyl (C=O) groups is 1. The predicted octanol–water partition coefficient (Wildman–Crippen LogP) is 3.66. The molecule has 3 nitrogen and oxygen atoms in total. The zero-order chi connectivity index (χ0) is 15.5. The van der Waals surface area contributed by atoms with Gasteiger partial charge in [-0.15, -0.1) is 23.7 Å². The van der Waals surface area contributed by atoms with Crippen LogP contribution in [-0.2, 0) is 6.42 Å². The highest BCUT2D eigenvalue weighted by Crippen LogP contribution is 2.27. The summed E-state index contributed by atoms with van der Waals surface area (Å²) in [7, 11) is 0. The van der Waals surface area contributed by atoms with Gasteiger partial charge in [-0.3, -0.25) is 4.79 Å². The zero-order valence-electron chi connectivity index (χ0n) is 12.9. The smallest absolute Gasteiger partial charge is 0.264 e. The van der Waals surface area contributed by atoms with Crippen LogP contribution >= 0.6 is 23.7 Å². The lowest BCUT2D eigenvalue weighted by Gasteiger charge is -2.36. The van der Waals surface area contributed by atoms with Gasteiger partial charge < -0.3 is 10.2 Å². The van der Waals surface area contributed by atoms with Crippen molar-refractivity contribution in [2.45, 2.75) is 19.4 Å². The first-order valence-corrected chi connectivity index (χ1v) is 8.42. The molecule has 1 unspecified atom stereocenters. The highest BCUT2D eigenvalue weighted by Gasteiger charge is 2.30. The molecule has 3 rings (SSSR count). The second kappa shape index (κ2) is 7.90. The van der Waals surface area contributed by atoms with E-state index in [2.05, 4.69) is 12.2 Å². The number of benzene rings is 1. The normalized spacial score (nSPS) is 17.7. The lowest BCUT2D eigenvalue weighted by Crippen LogP contribution is -2.48. The Balaban J connectivity index is 0.00000192. The summed E-state index contributed by atoms with van der Waals surface area (Å²) in [6.07, 6.45) is 0.849. The van der Waals surface area contributed by atoms with E-state index < -0.39 is 0 Å². The van der Waals surface area contributed by atoms with E-state index >= 15 is 0 Å². The van der Waals surface area contributed by atoms with E-state index in [4.69, 9.17) is 0 Å². The standard InChI is InChI=1S/C17H19FN2OS.ClH/c1-2-12-6-9-22-16(12)17(21)20-8-7-19-11-15(20)13-4-3-5-14(18)10-13;/h3-6,9-10,15,19H,2,7-8,11H2,1H3;1H. The van der Waals surface area contributed by atoms with E-state index in [-0.39, 0.29) is 30.2 Å². The minimum Gasteiger partial charge on any atom is -0.328 e. The van der Waals surface area contributed by atoms with Gasteiger partial charge >= 0.3 is 0 Å². The molecule has 0 radical (unpaired) electrons. The van der Waals surface area contributed by atoms with Crippen LogP contribution in [0.25, 0.3) is 0 Å². The van der Waals surface area contributed by atoms with E-state index in [0.29, 0.717) is 13.1 Å². The molecule has 124 valence electrons. The first kappa shape index (κ1) is 17.9. The van der Waals surface area contributed by atoms with Crippen molar-refractivity contribution in [3.05, 3.63) is 57.5 Å². The van der Waals surface area contributed by atoms with Crippen molar-refractivity contribution in [1.82, 2.24) is 10.2 Å². The SMILES string of the molecule is CCc1ccsc1C(=O)N1CCNCC1c1cccc(F)c1.Cl. The van der Waals surface area contributed by atoms with Gasteiger partial charge in [0.25, 0.3) is 5.91 Å². The van der Waals surface area contributed by atoms with Crippen molar-refractivity contribution >= 4 is 29.7 Å². The summed E-state index contributed by atoms with van der Waals surface area (Å²) in [5.41, 5.74) is 1.93. The van der Waals surface area contributed by atoms with E-state index in [1.807, 2.05) is 22.4 Å². The second-order valence-electron chi connectivity index (χ2n) is 5.40. The Morgan fingerprint density at radius 1 is 1.43 bits per heavy atom. The lowest BCUT2D eigenvalue weighted by molar-refractivity contribution is 0.0638. The van der Waals surface area contributed by atoms with Gasteiger partial charge in [-0.1, -0.05) is 19.1 Å². The third-order valence-corrected chi connectivity index (χ3v) is 5.00. The molecule has 1 fully saturated rings. The molecule has 1 saturated heterocycles. The van der Waals surface area contributed by atoms with Gasteiger partial charge in [-0.2, -0.15) is 0 Å². The van der Waals surface area contributed by atoms with Gasteiger partial charge in [0, 0.05) is 19.6 Å². The molecule has 1 N–H and O–H groups in total. The summed E-state index contributed by atoms with van der Waals surface area (Å²) >= 11 is 1.49. The fourth-order valence-electron chi connectivity index (χ4n) is 2.89. The number of piperazine rings is 1. The average Bonchev–Trinajstić information content (AvgIpc) is 3.03. The molecule has 1 atom stereocenters. The van der Waals surface area contributed by atoms with Gasteiger partial charge in [0.2, 0.25) is 0 Å². The number of nitrogens with zero attached hydrogens (tertiary/aromatic N) is 1. The van der Waals surface area contributed by atoms with Gasteiger partial charge in [0.15, 0.2) is 0 Å². The summed E-state index contributed by atoms with van der Waals surface area (Å²) in [5.74, 6) is -0.205. The molecule has 1 aromatic heterocycles. The van der Waals surface area contributed by atoms with Crippen molar-refractivity contribution in [3.63, 3.8) is 0 Å². The molecule has 2 aromatic rings. The summed E-state index contributed by atoms with van der Waals surface area (Å²) in [6.45, 7) is 4.12. The summed E-state index contributed by atoms with van der Waals surface area (Å²) in [5, 5.41) is 5.26. The van der Waals surface area contributed by atoms with Crippen LogP contribution in [0, 0.1) is 5.82 Å². The lowest BCUT2D eigenvalue weighted by atomic mass is 10.0. The highest BCUT2D eigenvalue weighted by atomic mass is 35.5. The van der Waals surface area contributed by atoms with Crippen LogP contribution in [0.3, 0.4) is 0 Å². The minimum atomic E-state index is -0.263. The maximum absolute atomic E-state index is 13.5. The topological polar surface area (TPSA) is 32.3 Å². The second-order valence-corrected chi connectivity index (χ2v) is 6.32. The molecule has 23 heavy (non-hydrogen) atoms. The molecule has 0 aliphatic carbocycles. The summed E-state index contributed by atoms with van der Waals surface area (Å²) in [4.78, 5) is 15.6. The third kappa shape index (κ3) is 3.74. The number of nitrogens with one attached hydrogen (secondary N) is 1. The van der Waals surface area contributed by atoms with Crippen molar-refractivity contribution in [2.24, 2.45) is 0 Å². The molecule has 0 saturated carbocycles. The monoisotopic (exact) mass is 354 g/mol. The predicted molar refractivity (Wildman–Crippen MR) is 94.0 cm³/mol. The van der Waals surface area contributed by atoms with Crippen LogP contribution in [0.4, 0.5) is 4.39 Å². The molecule has 1 aliphatic rings. The number of carbonyl (C=O) groups excluding carboxylic acids is 1. The molecule has 2 heterocycles. The number of aryl methyl sites for hydroxylation is 1. The van der Waals surface area contributed by atoms with E-state index in [9.17, 15) is 9.18 Å². The van der Waals surface area contributed by atoms with Crippen molar-refractivity contribution in [1.29, 1.82) is 0 Å². The van der Waals surface area contributed by atoms with Crippen molar-refractivity contribution in [2.75, 3.05) is 19.6 Å². The number of amides is 1.